The van der Waals surface area contributed by atoms with Gasteiger partial charge in [-0.05, 0) is 94.7 Å². The highest BCUT2D eigenvalue weighted by atomic mass is 17.1. The van der Waals surface area contributed by atoms with Crippen LogP contribution < -0.4 is 0 Å². The molecule has 8 rings (SSSR count). The van der Waals surface area contributed by atoms with Crippen molar-refractivity contribution in [3.8, 4) is 0 Å². The fraction of sp³-hybridized carbons (Fsp3) is 1.00. The van der Waals surface area contributed by atoms with E-state index in [0.29, 0.717) is 0 Å². The van der Waals surface area contributed by atoms with Gasteiger partial charge in [0.05, 0.1) is 22.4 Å². The van der Waals surface area contributed by atoms with Crippen molar-refractivity contribution in [2.45, 2.75) is 322 Å². The number of hydrogen-bond donors (Lipinski definition) is 2. The summed E-state index contributed by atoms with van der Waals surface area (Å²) >= 11 is 0. The highest BCUT2D eigenvalue weighted by Crippen LogP contribution is 2.67. The van der Waals surface area contributed by atoms with Crippen LogP contribution in [0, 0.1) is 116 Å². The standard InChI is InChI=1S/C34H68B5O11.C34H70B5O11/c1-21(2)31(22(3)4)29(17,18)32(23(5)6,24(7)8)41-37(40-31)45-35(46-37)44-36-47-39(48-36)49-38(50-39)42-33(25(9)10,26(11)12)30(19,20)34(43-38,27(13)14)28(15)16;1-21(2)31(40,22(3)4)29(17,18)33(25(9)10,26(11)12)42-35-44-37(45-35)46-38-49-39(50-38)47-36(48-39)43-34(27(13)14,28(15)16)30(19,20)32(41,23(5)6)24(7)8/h21-28H,1-20H3;21-28,40-41H,1-20H3/q-3;-1. The molecular weight excluding hydrogens is 1280 g/mol. The van der Waals surface area contributed by atoms with Crippen molar-refractivity contribution < 1.29 is 102 Å². The zero-order valence-corrected chi connectivity index (χ0v) is 70.1. The molecule has 0 saturated carbocycles. The molecule has 0 atom stereocenters. The maximum atomic E-state index is 12.2. The van der Waals surface area contributed by atoms with Gasteiger partial charge < -0.3 is 102 Å². The Bertz CT molecular complexity index is 2600. The smallest absolute Gasteiger partial charge is 0.615 e. The third-order valence-corrected chi connectivity index (χ3v) is 27.4. The largest absolute Gasteiger partial charge is 0.682 e. The van der Waals surface area contributed by atoms with Crippen LogP contribution in [-0.2, 0) is 91.9 Å². The topological polar surface area (TPSA) is 225 Å². The Labute approximate surface area is 609 Å². The SMILES string of the molecule is CC(C)C(O)(C(C)C)C(C)(C)C(OB1OB(OB2O[B-]3(O2)OB(OC(C(C)C)(C(C)C)C(C)(C)C(O)(C(C)C)C(C)C)O3)O1)(C(C)C)C(C)C.CC(C)C1(C(C)C)O[B-]2(OB(OB3O[B-]4(O3)O[B-]3(O4)OC(C(C)C)(C(C)C)C(C)(C)C(C(C)C)(C(C)C)O3)O2)OC(C(C)C)(C(C)C)C1(C)C. The summed E-state index contributed by atoms with van der Waals surface area (Å²) in [5.74, 6) is 0.954. The summed E-state index contributed by atoms with van der Waals surface area (Å²) in [5.41, 5.74) is -8.49. The third-order valence-electron chi connectivity index (χ3n) is 27.4. The molecule has 2 N–H and O–H groups in total. The molecule has 0 aromatic heterocycles. The lowest BCUT2D eigenvalue weighted by Crippen LogP contribution is -2.90. The molecule has 0 amide bonds. The first-order valence-electron chi connectivity index (χ1n) is 38.8. The molecule has 8 fully saturated rings. The van der Waals surface area contributed by atoms with E-state index in [9.17, 15) is 10.2 Å². The average molecular weight is 1420 g/mol. The molecule has 4 spiro atoms. The van der Waals surface area contributed by atoms with Gasteiger partial charge in [-0.3, -0.25) is 0 Å². The second kappa shape index (κ2) is 28.6. The highest BCUT2D eigenvalue weighted by Gasteiger charge is 2.77. The molecule has 0 radical (unpaired) electrons. The molecule has 0 aromatic rings. The van der Waals surface area contributed by atoms with Crippen LogP contribution >= 0.6 is 0 Å². The summed E-state index contributed by atoms with van der Waals surface area (Å²) in [6, 6.07) is 0. The van der Waals surface area contributed by atoms with Gasteiger partial charge in [-0.1, -0.05) is 277 Å². The van der Waals surface area contributed by atoms with E-state index in [1.165, 1.54) is 0 Å². The maximum Gasteiger partial charge on any atom is 0.615 e. The molecule has 0 aromatic carbocycles. The van der Waals surface area contributed by atoms with Crippen molar-refractivity contribution in [3.63, 3.8) is 0 Å². The molecule has 0 bridgehead atoms. The Morgan fingerprint density at radius 1 is 0.280 bits per heavy atom. The predicted octanol–water partition coefficient (Wildman–Crippen LogP) is 14.6. The van der Waals surface area contributed by atoms with Gasteiger partial charge in [0.2, 0.25) is 0 Å². The second-order valence-electron chi connectivity index (χ2n) is 38.0. The van der Waals surface area contributed by atoms with Crippen LogP contribution in [-0.4, -0.2) is 127 Å². The first kappa shape index (κ1) is 87.0. The van der Waals surface area contributed by atoms with Crippen molar-refractivity contribution in [2.75, 3.05) is 0 Å². The van der Waals surface area contributed by atoms with Crippen LogP contribution in [0.1, 0.15) is 277 Å². The molecule has 8 aliphatic rings. The van der Waals surface area contributed by atoms with E-state index < -0.39 is 138 Å². The summed E-state index contributed by atoms with van der Waals surface area (Å²) in [6.45, 7) is 75.2. The van der Waals surface area contributed by atoms with E-state index in [1.54, 1.807) is 0 Å². The summed E-state index contributed by atoms with van der Waals surface area (Å²) in [7, 11) is -6.62. The van der Waals surface area contributed by atoms with Crippen LogP contribution in [0.15, 0.2) is 0 Å². The minimum atomic E-state index is -2.66. The van der Waals surface area contributed by atoms with E-state index in [4.69, 9.17) is 91.9 Å². The summed E-state index contributed by atoms with van der Waals surface area (Å²) in [6.07, 6.45) is 0. The molecule has 8 aliphatic heterocycles. The molecule has 0 aliphatic carbocycles. The fourth-order valence-corrected chi connectivity index (χ4v) is 24.7. The maximum absolute atomic E-state index is 12.2. The van der Waals surface area contributed by atoms with E-state index in [0.717, 1.165) is 0 Å². The van der Waals surface area contributed by atoms with Crippen LogP contribution in [0.3, 0.4) is 0 Å². The highest BCUT2D eigenvalue weighted by molar-refractivity contribution is 6.92. The Morgan fingerprint density at radius 2 is 0.500 bits per heavy atom. The summed E-state index contributed by atoms with van der Waals surface area (Å²) in [5, 5.41) is 24.4. The average Bonchev–Trinajstić information content (AvgIpc) is 0.672. The molecule has 100 heavy (non-hydrogen) atoms. The predicted molar refractivity (Wildman–Crippen MR) is 398 cm³/mol. The second-order valence-corrected chi connectivity index (χ2v) is 38.0. The van der Waals surface area contributed by atoms with Gasteiger partial charge in [-0.25, -0.2) is 0 Å². The molecule has 32 heteroatoms. The van der Waals surface area contributed by atoms with E-state index >= 15 is 0 Å². The van der Waals surface area contributed by atoms with Crippen LogP contribution in [0.5, 0.6) is 0 Å². The zero-order valence-electron chi connectivity index (χ0n) is 70.1. The monoisotopic (exact) mass is 1420 g/mol. The van der Waals surface area contributed by atoms with Crippen LogP contribution in [0.25, 0.3) is 0 Å². The number of hydrogen-bond acceptors (Lipinski definition) is 22. The fourth-order valence-electron chi connectivity index (χ4n) is 24.7. The number of aliphatic hydroxyl groups is 2. The van der Waals surface area contributed by atoms with Gasteiger partial charge in [0.25, 0.3) is 0 Å². The lowest BCUT2D eigenvalue weighted by Gasteiger charge is -2.83. The molecule has 22 nitrogen and oxygen atoms in total. The van der Waals surface area contributed by atoms with Crippen LogP contribution in [0.2, 0.25) is 0 Å². The number of rotatable bonds is 28. The first-order chi connectivity index (χ1) is 45.2. The van der Waals surface area contributed by atoms with Gasteiger partial charge in [-0.15, -0.1) is 0 Å². The Hall–Kier alpha value is -0.231. The Morgan fingerprint density at radius 3 is 0.750 bits per heavy atom. The van der Waals surface area contributed by atoms with E-state index in [-0.39, 0.29) is 94.7 Å². The minimum Gasteiger partial charge on any atom is -0.682 e. The molecule has 576 valence electrons. The normalized spacial score (nSPS) is 24.5. The quantitative estimate of drug-likeness (QED) is 0.0694. The van der Waals surface area contributed by atoms with Crippen molar-refractivity contribution in [1.29, 1.82) is 0 Å². The third kappa shape index (κ3) is 12.6. The van der Waals surface area contributed by atoms with Gasteiger partial charge >= 0.3 is 71.8 Å². The van der Waals surface area contributed by atoms with E-state index in [1.807, 2.05) is 27.7 Å². The van der Waals surface area contributed by atoms with Crippen molar-refractivity contribution in [2.24, 2.45) is 116 Å². The molecular formula is C68H138B10O22-4. The zero-order chi connectivity index (χ0) is 76.8. The lowest BCUT2D eigenvalue weighted by molar-refractivity contribution is -0.325. The Balaban J connectivity index is 0.000000281. The molecule has 0 unspecified atom stereocenters. The molecule has 8 heterocycles. The first-order valence-corrected chi connectivity index (χ1v) is 38.8. The Kier molecular flexibility index (Phi) is 24.9. The van der Waals surface area contributed by atoms with Gasteiger partial charge in [-0.2, -0.15) is 0 Å². The minimum absolute atomic E-state index is 0.000379. The van der Waals surface area contributed by atoms with E-state index in [2.05, 4.69) is 249 Å². The van der Waals surface area contributed by atoms with Crippen LogP contribution in [0.4, 0.5) is 0 Å². The van der Waals surface area contributed by atoms with Gasteiger partial charge in [0.15, 0.2) is 0 Å². The van der Waals surface area contributed by atoms with Crippen molar-refractivity contribution >= 4 is 71.8 Å². The van der Waals surface area contributed by atoms with Crippen molar-refractivity contribution in [1.82, 2.24) is 0 Å². The van der Waals surface area contributed by atoms with Crippen molar-refractivity contribution in [3.05, 3.63) is 0 Å². The lowest BCUT2D eigenvalue weighted by atomic mass is 9.48. The molecule has 8 saturated heterocycles. The summed E-state index contributed by atoms with van der Waals surface area (Å²) in [4.78, 5) is 0. The summed E-state index contributed by atoms with van der Waals surface area (Å²) < 4.78 is 125. The van der Waals surface area contributed by atoms with Gasteiger partial charge in [0.1, 0.15) is 0 Å². The van der Waals surface area contributed by atoms with Gasteiger partial charge in [0, 0.05) is 44.1 Å².